The van der Waals surface area contributed by atoms with Crippen LogP contribution in [-0.2, 0) is 6.42 Å². The lowest BCUT2D eigenvalue weighted by Crippen LogP contribution is -2.41. The van der Waals surface area contributed by atoms with Crippen molar-refractivity contribution >= 4 is 22.2 Å². The fraction of sp³-hybridized carbons (Fsp3) is 0.231. The summed E-state index contributed by atoms with van der Waals surface area (Å²) in [5.41, 5.74) is 5.49. The minimum absolute atomic E-state index is 0.0437. The molecule has 0 bridgehead atoms. The van der Waals surface area contributed by atoms with Crippen molar-refractivity contribution in [2.75, 3.05) is 6.54 Å². The number of H-pyrrole nitrogens is 1. The average molecular weight is 435 g/mol. The number of carbonyl (C=O) groups excluding carboxylic acids is 1. The molecule has 1 aliphatic heterocycles. The molecule has 0 radical (unpaired) electrons. The van der Waals surface area contributed by atoms with Crippen LogP contribution in [0.25, 0.3) is 16.3 Å². The number of rotatable bonds is 3. The fourth-order valence-corrected chi connectivity index (χ4v) is 5.02. The topological polar surface area (TPSA) is 79.2 Å². The lowest BCUT2D eigenvalue weighted by atomic mass is 9.97. The number of benzene rings is 1. The third-order valence-corrected chi connectivity index (χ3v) is 6.94. The van der Waals surface area contributed by atoms with Crippen molar-refractivity contribution in [2.24, 2.45) is 0 Å². The number of hydrogen-bond acceptors (Lipinski definition) is 4. The number of nitrogens with zero attached hydrogens (tertiary/aromatic N) is 5. The minimum Gasteiger partial charge on any atom is -0.348 e. The molecule has 1 aliphatic carbocycles. The van der Waals surface area contributed by atoms with Crippen molar-refractivity contribution in [3.05, 3.63) is 95.6 Å². The number of nitrogens with one attached hydrogen (secondary N) is 1. The van der Waals surface area contributed by atoms with E-state index in [1.165, 1.54) is 18.4 Å². The van der Waals surface area contributed by atoms with Crippen molar-refractivity contribution in [1.29, 1.82) is 0 Å². The predicted octanol–water partition coefficient (Wildman–Crippen LogP) is 4.27. The Kier molecular flexibility index (Phi) is 3.94. The third kappa shape index (κ3) is 2.96. The smallest absolute Gasteiger partial charge is 0.258 e. The fourth-order valence-electron chi connectivity index (χ4n) is 5.02. The molecule has 1 atom stereocenters. The normalized spacial score (nSPS) is 18.1. The van der Waals surface area contributed by atoms with Gasteiger partial charge in [0.05, 0.1) is 35.0 Å². The van der Waals surface area contributed by atoms with Gasteiger partial charge in [-0.05, 0) is 41.8 Å². The van der Waals surface area contributed by atoms with Gasteiger partial charge in [0.25, 0.3) is 5.91 Å². The molecule has 1 aromatic carbocycles. The molecule has 0 saturated heterocycles. The average Bonchev–Trinajstić information content (AvgIpc) is 3.45. The lowest BCUT2D eigenvalue weighted by Gasteiger charge is -2.34. The quantitative estimate of drug-likeness (QED) is 0.460. The van der Waals surface area contributed by atoms with E-state index in [9.17, 15) is 4.79 Å². The summed E-state index contributed by atoms with van der Waals surface area (Å²) in [6, 6.07) is 14.0. The van der Waals surface area contributed by atoms with Crippen LogP contribution in [0.5, 0.6) is 0 Å². The molecule has 0 unspecified atom stereocenters. The summed E-state index contributed by atoms with van der Waals surface area (Å²) in [6.07, 6.45) is 10.5. The van der Waals surface area contributed by atoms with E-state index in [-0.39, 0.29) is 11.9 Å². The summed E-state index contributed by atoms with van der Waals surface area (Å²) in [4.78, 5) is 28.4. The number of amides is 1. The van der Waals surface area contributed by atoms with E-state index in [0.29, 0.717) is 18.0 Å². The van der Waals surface area contributed by atoms with Crippen molar-refractivity contribution in [3.63, 3.8) is 0 Å². The summed E-state index contributed by atoms with van der Waals surface area (Å²) < 4.78 is 1.84. The highest BCUT2D eigenvalue weighted by atomic mass is 16.2. The maximum atomic E-state index is 13.9. The zero-order valence-corrected chi connectivity index (χ0v) is 18.0. The van der Waals surface area contributed by atoms with Gasteiger partial charge in [-0.3, -0.25) is 9.78 Å². The lowest BCUT2D eigenvalue weighted by molar-refractivity contribution is 0.0689. The van der Waals surface area contributed by atoms with E-state index >= 15 is 0 Å². The maximum Gasteiger partial charge on any atom is 0.258 e. The summed E-state index contributed by atoms with van der Waals surface area (Å²) in [5, 5.41) is 6.68. The van der Waals surface area contributed by atoms with Crippen molar-refractivity contribution in [2.45, 2.75) is 31.2 Å². The molecule has 1 fully saturated rings. The van der Waals surface area contributed by atoms with Gasteiger partial charge in [0.2, 0.25) is 0 Å². The van der Waals surface area contributed by atoms with Gasteiger partial charge in [-0.25, -0.2) is 9.50 Å². The van der Waals surface area contributed by atoms with Crippen molar-refractivity contribution in [3.8, 4) is 0 Å². The van der Waals surface area contributed by atoms with Crippen LogP contribution >= 0.6 is 0 Å². The number of fused-ring (bicyclic) bond motifs is 3. The first-order valence-electron chi connectivity index (χ1n) is 11.4. The Morgan fingerprint density at radius 3 is 2.79 bits per heavy atom. The highest BCUT2D eigenvalue weighted by molar-refractivity contribution is 6.01. The van der Waals surface area contributed by atoms with Crippen molar-refractivity contribution < 1.29 is 4.79 Å². The summed E-state index contributed by atoms with van der Waals surface area (Å²) in [5.74, 6) is 0.596. The monoisotopic (exact) mass is 434 g/mol. The Balaban J connectivity index is 1.32. The summed E-state index contributed by atoms with van der Waals surface area (Å²) >= 11 is 0. The summed E-state index contributed by atoms with van der Waals surface area (Å²) in [7, 11) is 0. The van der Waals surface area contributed by atoms with Crippen LogP contribution in [0.15, 0.2) is 67.4 Å². The van der Waals surface area contributed by atoms with Crippen molar-refractivity contribution in [1.82, 2.24) is 29.5 Å². The number of imidazole rings is 1. The summed E-state index contributed by atoms with van der Waals surface area (Å²) in [6.45, 7) is 0.588. The second kappa shape index (κ2) is 7.00. The van der Waals surface area contributed by atoms with E-state index in [2.05, 4.69) is 39.5 Å². The highest BCUT2D eigenvalue weighted by Crippen LogP contribution is 2.40. The van der Waals surface area contributed by atoms with E-state index in [1.54, 1.807) is 12.5 Å². The molecule has 4 aromatic heterocycles. The molecule has 7 rings (SSSR count). The SMILES string of the molecule is O=C(c1cnn2cc(C3CC3)ccc12)N1CCc2[nH]cnc2[C@H]1c1cc2ccccc2cn1. The van der Waals surface area contributed by atoms with E-state index in [1.807, 2.05) is 39.9 Å². The Hall–Kier alpha value is -4.00. The van der Waals surface area contributed by atoms with Gasteiger partial charge in [0.1, 0.15) is 6.04 Å². The maximum absolute atomic E-state index is 13.9. The molecule has 7 heteroatoms. The van der Waals surface area contributed by atoms with E-state index in [0.717, 1.165) is 39.8 Å². The first-order chi connectivity index (χ1) is 16.3. The molecular weight excluding hydrogens is 412 g/mol. The third-order valence-electron chi connectivity index (χ3n) is 6.94. The molecule has 2 aliphatic rings. The molecule has 1 amide bonds. The Labute approximate surface area is 190 Å². The van der Waals surface area contributed by atoms with Gasteiger partial charge in [-0.1, -0.05) is 30.3 Å². The van der Waals surface area contributed by atoms with Gasteiger partial charge < -0.3 is 9.88 Å². The molecule has 1 saturated carbocycles. The zero-order valence-electron chi connectivity index (χ0n) is 18.0. The Morgan fingerprint density at radius 2 is 1.91 bits per heavy atom. The largest absolute Gasteiger partial charge is 0.348 e. The molecule has 7 nitrogen and oxygen atoms in total. The number of carbonyl (C=O) groups is 1. The van der Waals surface area contributed by atoms with Crippen LogP contribution in [-0.4, -0.2) is 41.9 Å². The standard InChI is InChI=1S/C26H22N6O/c33-26(20-13-30-32-14-19(16-5-6-16)7-8-23(20)32)31-10-9-21-24(29-15-28-21)25(31)22-11-17-3-1-2-4-18(17)12-27-22/h1-4,7-8,11-16,25H,5-6,9-10H2,(H,28,29)/t25-/m1/s1. The van der Waals surface area contributed by atoms with Gasteiger partial charge >= 0.3 is 0 Å². The van der Waals surface area contributed by atoms with Crippen LogP contribution < -0.4 is 0 Å². The number of pyridine rings is 2. The van der Waals surface area contributed by atoms with Crippen LogP contribution in [0.4, 0.5) is 0 Å². The van der Waals surface area contributed by atoms with E-state index in [4.69, 9.17) is 4.98 Å². The molecule has 1 N–H and O–H groups in total. The molecule has 5 aromatic rings. The van der Waals surface area contributed by atoms with Crippen LogP contribution in [0.2, 0.25) is 0 Å². The number of hydrogen-bond donors (Lipinski definition) is 1. The number of aromatic amines is 1. The second-order valence-corrected chi connectivity index (χ2v) is 9.00. The second-order valence-electron chi connectivity index (χ2n) is 9.00. The zero-order chi connectivity index (χ0) is 21.9. The van der Waals surface area contributed by atoms with Crippen LogP contribution in [0.3, 0.4) is 0 Å². The molecular formula is C26H22N6O. The van der Waals surface area contributed by atoms with Crippen LogP contribution in [0, 0.1) is 0 Å². The van der Waals surface area contributed by atoms with Gasteiger partial charge in [0, 0.05) is 36.4 Å². The predicted molar refractivity (Wildman–Crippen MR) is 124 cm³/mol. The Bertz CT molecular complexity index is 1530. The first-order valence-corrected chi connectivity index (χ1v) is 11.4. The highest BCUT2D eigenvalue weighted by Gasteiger charge is 2.36. The molecule has 0 spiro atoms. The van der Waals surface area contributed by atoms with Gasteiger partial charge in [-0.2, -0.15) is 5.10 Å². The van der Waals surface area contributed by atoms with E-state index < -0.39 is 0 Å². The molecule has 162 valence electrons. The molecule has 33 heavy (non-hydrogen) atoms. The van der Waals surface area contributed by atoms with Gasteiger partial charge in [0.15, 0.2) is 0 Å². The molecule has 5 heterocycles. The first kappa shape index (κ1) is 18.6. The minimum atomic E-state index is -0.349. The van der Waals surface area contributed by atoms with Crippen LogP contribution in [0.1, 0.15) is 57.8 Å². The Morgan fingerprint density at radius 1 is 1.03 bits per heavy atom. The van der Waals surface area contributed by atoms with Gasteiger partial charge in [-0.15, -0.1) is 0 Å². The number of aromatic nitrogens is 5.